The first kappa shape index (κ1) is 53.5. The maximum Gasteiger partial charge on any atom is 0.310 e. The second-order valence-electron chi connectivity index (χ2n) is 17.0. The largest absolute Gasteiger partial charge is 0.502 e. The van der Waals surface area contributed by atoms with E-state index in [2.05, 4.69) is 31.9 Å². The number of carboxylic acids is 1. The summed E-state index contributed by atoms with van der Waals surface area (Å²) >= 11 is 0. The molecule has 0 saturated carbocycles. The van der Waals surface area contributed by atoms with Crippen LogP contribution < -0.4 is 43.4 Å². The highest BCUT2D eigenvalue weighted by molar-refractivity contribution is 5.97. The van der Waals surface area contributed by atoms with Crippen LogP contribution in [-0.4, -0.2) is 116 Å². The summed E-state index contributed by atoms with van der Waals surface area (Å²) in [6, 6.07) is 2.34. The molecule has 8 atom stereocenters. The van der Waals surface area contributed by atoms with E-state index < -0.39 is 119 Å². The number of likely N-dealkylation sites (tertiary alicyclic amines) is 1. The number of phenols is 1. The summed E-state index contributed by atoms with van der Waals surface area (Å²) in [6.45, 7) is 10.8. The third-order valence-electron chi connectivity index (χ3n) is 11.3. The van der Waals surface area contributed by atoms with Crippen molar-refractivity contribution in [1.29, 1.82) is 0 Å². The van der Waals surface area contributed by atoms with Crippen LogP contribution in [0.2, 0.25) is 0 Å². The van der Waals surface area contributed by atoms with Gasteiger partial charge >= 0.3 is 11.7 Å². The highest BCUT2D eigenvalue weighted by Gasteiger charge is 2.39. The molecule has 1 aliphatic rings. The second kappa shape index (κ2) is 25.0. The zero-order chi connectivity index (χ0) is 49.4. The highest BCUT2D eigenvalue weighted by Crippen LogP contribution is 2.27. The first-order valence-electron chi connectivity index (χ1n) is 21.9. The molecule has 1 fully saturated rings. The zero-order valence-electron chi connectivity index (χ0n) is 38.1. The molecule has 0 unspecified atom stereocenters. The van der Waals surface area contributed by atoms with Crippen molar-refractivity contribution < 1.29 is 53.5 Å². The van der Waals surface area contributed by atoms with Gasteiger partial charge in [0.15, 0.2) is 5.75 Å². The summed E-state index contributed by atoms with van der Waals surface area (Å²) in [7, 11) is 0. The highest BCUT2D eigenvalue weighted by atomic mass is 16.6. The number of phenolic OH excluding ortho intramolecular Hbond substituents is 1. The number of nitro groups is 1. The van der Waals surface area contributed by atoms with Crippen LogP contribution in [0.25, 0.3) is 0 Å². The molecular formula is C44H64N10O12. The fourth-order valence-electron chi connectivity index (χ4n) is 7.34. The third kappa shape index (κ3) is 15.7. The summed E-state index contributed by atoms with van der Waals surface area (Å²) in [5.41, 5.74) is 12.3. The molecule has 0 bridgehead atoms. The predicted octanol–water partition coefficient (Wildman–Crippen LogP) is 0.481. The van der Waals surface area contributed by atoms with Gasteiger partial charge in [0.05, 0.1) is 11.0 Å². The molecule has 12 N–H and O–H groups in total. The molecule has 3 rings (SSSR count). The van der Waals surface area contributed by atoms with Gasteiger partial charge in [-0.3, -0.25) is 48.5 Å². The van der Waals surface area contributed by atoms with E-state index in [9.17, 15) is 53.6 Å². The number of nitro benzene ring substituents is 1. The number of carboxylic acid groups (broad SMARTS) is 1. The van der Waals surface area contributed by atoms with Crippen LogP contribution in [0.1, 0.15) is 91.2 Å². The number of carbonyl (C=O) groups is 8. The molecule has 2 aromatic rings. The number of nitrogens with zero attached hydrogens (tertiary/aromatic N) is 2. The van der Waals surface area contributed by atoms with Crippen molar-refractivity contribution in [2.45, 2.75) is 135 Å². The molecule has 1 aliphatic heterocycles. The molecule has 7 amide bonds. The number of benzene rings is 2. The first-order chi connectivity index (χ1) is 31.0. The summed E-state index contributed by atoms with van der Waals surface area (Å²) < 4.78 is 0. The van der Waals surface area contributed by atoms with Crippen molar-refractivity contribution in [1.82, 2.24) is 36.8 Å². The van der Waals surface area contributed by atoms with E-state index in [1.165, 1.54) is 24.8 Å². The fourth-order valence-corrected chi connectivity index (χ4v) is 7.34. The van der Waals surface area contributed by atoms with Crippen molar-refractivity contribution >= 4 is 58.7 Å². The molecule has 66 heavy (non-hydrogen) atoms. The number of aliphatic carboxylic acids is 1. The van der Waals surface area contributed by atoms with Gasteiger partial charge in [-0.2, -0.15) is 0 Å². The number of para-hydroxylation sites is 1. The minimum absolute atomic E-state index is 0.0883. The number of hydrogen-bond donors (Lipinski definition) is 10. The van der Waals surface area contributed by atoms with Gasteiger partial charge in [-0.05, 0) is 74.6 Å². The molecule has 2 aromatic carbocycles. The summed E-state index contributed by atoms with van der Waals surface area (Å²) in [5, 5.41) is 46.8. The third-order valence-corrected chi connectivity index (χ3v) is 11.3. The molecule has 362 valence electrons. The summed E-state index contributed by atoms with van der Waals surface area (Å²) in [5.74, 6) is -7.40. The van der Waals surface area contributed by atoms with Gasteiger partial charge in [0.2, 0.25) is 41.4 Å². The van der Waals surface area contributed by atoms with Crippen LogP contribution in [0.15, 0.2) is 42.5 Å². The second-order valence-corrected chi connectivity index (χ2v) is 17.0. The van der Waals surface area contributed by atoms with Crippen LogP contribution in [0.5, 0.6) is 5.75 Å². The van der Waals surface area contributed by atoms with E-state index in [1.54, 1.807) is 13.0 Å². The number of rotatable bonds is 25. The Bertz CT molecular complexity index is 2100. The Labute approximate surface area is 382 Å². The molecule has 0 aliphatic carbocycles. The number of nitrogens with two attached hydrogens (primary N) is 2. The lowest BCUT2D eigenvalue weighted by molar-refractivity contribution is -0.385. The monoisotopic (exact) mass is 924 g/mol. The Balaban J connectivity index is 1.72. The van der Waals surface area contributed by atoms with Crippen molar-refractivity contribution in [3.05, 3.63) is 63.7 Å². The standard InChI is InChI=1S/C44H64N10O12/c1-7-24(4)37(52-40(60)31(19-23(2)3)47-22-28-11-8-9-12-29(28)45)43(63)48-25(5)39(59)49-26(6)44(64)53-18-10-13-33(53)42(62)51-32(20-27-14-16-35(55)34(21-27)54(65)66)41(61)50-30(38(46)58)15-17-36(56)57/h8-9,11-12,14,16,21,23-26,30-33,37,47,55H,7,10,13,15,17-20,22,45H2,1-6H3,(H2,46,58)(H,48,63)(H,49,59)(H,50,61)(H,51,62)(H,52,60)(H,56,57)/t24-,25-,26-,30-,31-,32-,33-,37-/m0/s1. The minimum atomic E-state index is -1.54. The number of carbonyl (C=O) groups excluding carboxylic acids is 7. The number of anilines is 1. The Morgan fingerprint density at radius 2 is 1.50 bits per heavy atom. The number of aromatic hydroxyl groups is 1. The van der Waals surface area contributed by atoms with Gasteiger partial charge in [-0.15, -0.1) is 0 Å². The van der Waals surface area contributed by atoms with E-state index >= 15 is 0 Å². The van der Waals surface area contributed by atoms with Crippen molar-refractivity contribution in [3.63, 3.8) is 0 Å². The molecule has 1 saturated heterocycles. The minimum Gasteiger partial charge on any atom is -0.502 e. The number of amides is 7. The van der Waals surface area contributed by atoms with Crippen LogP contribution in [0.4, 0.5) is 11.4 Å². The smallest absolute Gasteiger partial charge is 0.310 e. The topological polar surface area (TPSA) is 348 Å². The van der Waals surface area contributed by atoms with Gasteiger partial charge < -0.3 is 58.5 Å². The van der Waals surface area contributed by atoms with Crippen molar-refractivity contribution in [2.75, 3.05) is 12.3 Å². The molecule has 1 heterocycles. The lowest BCUT2D eigenvalue weighted by atomic mass is 9.96. The molecule has 0 radical (unpaired) electrons. The van der Waals surface area contributed by atoms with E-state index in [4.69, 9.17) is 16.6 Å². The van der Waals surface area contributed by atoms with Gasteiger partial charge in [-0.25, -0.2) is 0 Å². The molecule has 22 nitrogen and oxygen atoms in total. The predicted molar refractivity (Wildman–Crippen MR) is 241 cm³/mol. The fraction of sp³-hybridized carbons (Fsp3) is 0.545. The average molecular weight is 925 g/mol. The average Bonchev–Trinajstić information content (AvgIpc) is 3.75. The first-order valence-corrected chi connectivity index (χ1v) is 21.9. The Morgan fingerprint density at radius 1 is 0.848 bits per heavy atom. The quantitative estimate of drug-likeness (QED) is 0.0368. The normalized spacial score (nSPS) is 16.7. The molecule has 0 aromatic heterocycles. The lowest BCUT2D eigenvalue weighted by Crippen LogP contribution is -2.59. The number of hydrogen-bond acceptors (Lipinski definition) is 13. The van der Waals surface area contributed by atoms with E-state index in [1.807, 2.05) is 39.0 Å². The van der Waals surface area contributed by atoms with Crippen molar-refractivity contribution in [2.24, 2.45) is 17.6 Å². The molecule has 22 heteroatoms. The summed E-state index contributed by atoms with van der Waals surface area (Å²) in [6.07, 6.45) is 0.165. The van der Waals surface area contributed by atoms with Gasteiger partial charge in [0.1, 0.15) is 36.3 Å². The Morgan fingerprint density at radius 3 is 2.11 bits per heavy atom. The van der Waals surface area contributed by atoms with Crippen LogP contribution >= 0.6 is 0 Å². The number of primary amides is 1. The summed E-state index contributed by atoms with van der Waals surface area (Å²) in [4.78, 5) is 117. The van der Waals surface area contributed by atoms with Crippen LogP contribution in [0, 0.1) is 22.0 Å². The SMILES string of the molecule is CC[C@H](C)[C@H](NC(=O)[C@H](CC(C)C)NCc1ccccc1N)C(=O)N[C@@H](C)C(=O)N[C@@H](C)C(=O)N1CCC[C@H]1C(=O)N[C@@H](Cc1ccc(O)c([N+](=O)[O-])c1)C(=O)N[C@@H](CCC(=O)O)C(N)=O. The van der Waals surface area contributed by atoms with Gasteiger partial charge in [0, 0.05) is 37.7 Å². The lowest BCUT2D eigenvalue weighted by Gasteiger charge is -2.30. The van der Waals surface area contributed by atoms with E-state index in [0.717, 1.165) is 17.7 Å². The van der Waals surface area contributed by atoms with Crippen molar-refractivity contribution in [3.8, 4) is 5.75 Å². The van der Waals surface area contributed by atoms with Gasteiger partial charge in [0.25, 0.3) is 0 Å². The van der Waals surface area contributed by atoms with Crippen LogP contribution in [0.3, 0.4) is 0 Å². The zero-order valence-corrected chi connectivity index (χ0v) is 38.1. The van der Waals surface area contributed by atoms with E-state index in [0.29, 0.717) is 31.5 Å². The number of nitrogens with one attached hydrogen (secondary N) is 6. The molecule has 0 spiro atoms. The van der Waals surface area contributed by atoms with Gasteiger partial charge in [-0.1, -0.05) is 58.4 Å². The van der Waals surface area contributed by atoms with E-state index in [-0.39, 0.29) is 36.8 Å². The number of nitrogen functional groups attached to an aromatic ring is 1. The maximum atomic E-state index is 13.9. The Hall–Kier alpha value is -6.84. The van der Waals surface area contributed by atoms with Crippen LogP contribution in [-0.2, 0) is 51.3 Å². The maximum absolute atomic E-state index is 13.9. The molecular weight excluding hydrogens is 861 g/mol. The Kier molecular flexibility index (Phi) is 20.3.